The van der Waals surface area contributed by atoms with Gasteiger partial charge in [-0.3, -0.25) is 4.21 Å². The second-order valence-electron chi connectivity index (χ2n) is 1.02. The Morgan fingerprint density at radius 3 is 1.44 bits per heavy atom. The maximum absolute atomic E-state index is 9.56. The molecule has 0 saturated carbocycles. The number of hydrogen-bond acceptors (Lipinski definition) is 2. The van der Waals surface area contributed by atoms with Gasteiger partial charge in [0.1, 0.15) is 0 Å². The van der Waals surface area contributed by atoms with Gasteiger partial charge >= 0.3 is 57.5 Å². The molecule has 2 N–H and O–H groups in total. The number of carbonyl (C=O) groups is 1. The van der Waals surface area contributed by atoms with Crippen LogP contribution in [0.25, 0.3) is 0 Å². The van der Waals surface area contributed by atoms with Gasteiger partial charge in [-0.2, -0.15) is 0 Å². The molecule has 0 rings (SSSR count). The molecule has 0 heterocycles. The van der Waals surface area contributed by atoms with Crippen LogP contribution in [0.4, 0.5) is 4.79 Å². The molecule has 0 saturated heterocycles. The predicted octanol–water partition coefficient (Wildman–Crippen LogP) is -2.67. The van der Waals surface area contributed by atoms with Crippen LogP contribution in [0.5, 0.6) is 0 Å². The van der Waals surface area contributed by atoms with Crippen LogP contribution in [0.1, 0.15) is 1.43 Å². The fourth-order valence-corrected chi connectivity index (χ4v) is 0. The maximum Gasteiger partial charge on any atom is 1.00 e. The van der Waals surface area contributed by atoms with Crippen molar-refractivity contribution in [2.24, 2.45) is 0 Å². The normalized spacial score (nSPS) is 6.56. The summed E-state index contributed by atoms with van der Waals surface area (Å²) >= 11 is 0. The third-order valence-corrected chi connectivity index (χ3v) is 0. The first-order valence-electron chi connectivity index (χ1n) is 1.63. The second-order valence-corrected chi connectivity index (χ2v) is 2.51. The summed E-state index contributed by atoms with van der Waals surface area (Å²) in [5, 5.41) is 13.9. The van der Waals surface area contributed by atoms with Crippen molar-refractivity contribution in [3.05, 3.63) is 0 Å². The molecule has 0 aromatic rings. The van der Waals surface area contributed by atoms with Crippen molar-refractivity contribution < 1.29 is 72.0 Å². The minimum atomic E-state index is -1.83. The summed E-state index contributed by atoms with van der Waals surface area (Å²) in [4.78, 5) is 8.56. The quantitative estimate of drug-likeness (QED) is 0.399. The van der Waals surface area contributed by atoms with E-state index in [9.17, 15) is 4.21 Å². The van der Waals surface area contributed by atoms with Crippen LogP contribution in [0.15, 0.2) is 0 Å². The smallest absolute Gasteiger partial charge is 1.00 e. The Bertz CT molecular complexity index is 78.5. The first-order chi connectivity index (χ1) is 3.46. The molecule has 0 amide bonds. The summed E-state index contributed by atoms with van der Waals surface area (Å²) in [6.45, 7) is 0. The van der Waals surface area contributed by atoms with Crippen LogP contribution in [0.2, 0.25) is 0 Å². The molecule has 9 heavy (non-hydrogen) atoms. The minimum absolute atomic E-state index is 0. The molecule has 0 aromatic heterocycles. The van der Waals surface area contributed by atoms with E-state index in [4.69, 9.17) is 15.0 Å². The van der Waals surface area contributed by atoms with Crippen LogP contribution in [-0.2, 0) is 10.8 Å². The molecule has 0 radical (unpaired) electrons. The van der Waals surface area contributed by atoms with E-state index in [1.807, 2.05) is 0 Å². The van der Waals surface area contributed by atoms with Gasteiger partial charge < -0.3 is 11.6 Å². The summed E-state index contributed by atoms with van der Waals surface area (Å²) in [6, 6.07) is 0. The fourth-order valence-electron chi connectivity index (χ4n) is 0. The van der Waals surface area contributed by atoms with Crippen molar-refractivity contribution in [3.63, 3.8) is 0 Å². The third kappa shape index (κ3) is 404. The van der Waals surface area contributed by atoms with E-state index in [1.165, 1.54) is 0 Å². The van der Waals surface area contributed by atoms with Crippen molar-refractivity contribution in [2.75, 3.05) is 12.5 Å². The van der Waals surface area contributed by atoms with Gasteiger partial charge in [0.15, 0.2) is 0 Å². The molecule has 4 nitrogen and oxygen atoms in total. The first kappa shape index (κ1) is 16.6. The number of carboxylic acid groups (broad SMARTS) is 2. The van der Waals surface area contributed by atoms with Gasteiger partial charge in [0.05, 0.1) is 0 Å². The Morgan fingerprint density at radius 2 is 1.44 bits per heavy atom. The molecule has 0 aromatic carbocycles. The largest absolute Gasteiger partial charge is 1.00 e. The van der Waals surface area contributed by atoms with Crippen LogP contribution >= 0.6 is 0 Å². The molecule has 0 unspecified atom stereocenters. The molecule has 0 fully saturated rings. The van der Waals surface area contributed by atoms with E-state index in [-0.39, 0.29) is 52.8 Å². The molecule has 0 aliphatic carbocycles. The Labute approximate surface area is 100 Å². The minimum Gasteiger partial charge on any atom is -1.00 e. The van der Waals surface area contributed by atoms with Crippen LogP contribution in [0.3, 0.4) is 0 Å². The average Bonchev–Trinajstić information content (AvgIpc) is 1.25. The fraction of sp³-hybridized carbons (Fsp3) is 0.667. The van der Waals surface area contributed by atoms with Crippen molar-refractivity contribution >= 4 is 17.0 Å². The van der Waals surface area contributed by atoms with Gasteiger partial charge in [0.25, 0.3) is 0 Å². The molecule has 52 valence electrons. The summed E-state index contributed by atoms with van der Waals surface area (Å²) in [5.74, 6) is 0. The Hall–Kier alpha value is 1.06. The number of hydrogen-bond donors (Lipinski definition) is 2. The zero-order valence-electron chi connectivity index (χ0n) is 6.62. The summed E-state index contributed by atoms with van der Waals surface area (Å²) in [5.41, 5.74) is 0. The molecule has 0 bridgehead atoms. The monoisotopic (exact) mass is 180 g/mol. The Kier molecular flexibility index (Phi) is 21.7. The predicted molar refractivity (Wildman–Crippen MR) is 31.8 cm³/mol. The second kappa shape index (κ2) is 11.8. The zero-order chi connectivity index (χ0) is 7.15. The van der Waals surface area contributed by atoms with Gasteiger partial charge in [-0.1, -0.05) is 0 Å². The molecular formula is C3H9KO4S. The topological polar surface area (TPSA) is 74.6 Å². The van der Waals surface area contributed by atoms with E-state index in [2.05, 4.69) is 0 Å². The number of rotatable bonds is 0. The van der Waals surface area contributed by atoms with Crippen molar-refractivity contribution in [3.8, 4) is 0 Å². The first-order valence-corrected chi connectivity index (χ1v) is 3.60. The van der Waals surface area contributed by atoms with Crippen molar-refractivity contribution in [2.45, 2.75) is 0 Å². The van der Waals surface area contributed by atoms with Gasteiger partial charge in [0.2, 0.25) is 0 Å². The average molecular weight is 180 g/mol. The van der Waals surface area contributed by atoms with E-state index >= 15 is 0 Å². The zero-order valence-corrected chi connectivity index (χ0v) is 9.56. The SMILES string of the molecule is CS(C)=O.O=C(O)O.[H-].[K+]. The van der Waals surface area contributed by atoms with Crippen molar-refractivity contribution in [1.29, 1.82) is 0 Å². The molecule has 0 aliphatic rings. The van der Waals surface area contributed by atoms with Gasteiger partial charge in [-0.15, -0.1) is 0 Å². The Balaban J connectivity index is -0.0000000300. The van der Waals surface area contributed by atoms with E-state index in [0.717, 1.165) is 0 Å². The Morgan fingerprint density at radius 1 is 1.44 bits per heavy atom. The van der Waals surface area contributed by atoms with Gasteiger partial charge in [-0.05, 0) is 0 Å². The molecule has 0 atom stereocenters. The van der Waals surface area contributed by atoms with E-state index in [1.54, 1.807) is 12.5 Å². The molecule has 0 spiro atoms. The third-order valence-electron chi connectivity index (χ3n) is 0. The molecular weight excluding hydrogens is 171 g/mol. The summed E-state index contributed by atoms with van der Waals surface area (Å²) in [6.07, 6.45) is 1.44. The maximum atomic E-state index is 9.56. The van der Waals surface area contributed by atoms with E-state index < -0.39 is 17.0 Å². The van der Waals surface area contributed by atoms with Crippen molar-refractivity contribution in [1.82, 2.24) is 0 Å². The standard InChI is InChI=1S/C2H6OS.CH2O3.K.H/c1-4(2)3;2-1(3)4;;/h1-2H3;(H2,2,3,4);;/q;;+1;-1. The van der Waals surface area contributed by atoms with E-state index in [0.29, 0.717) is 0 Å². The van der Waals surface area contributed by atoms with Crippen LogP contribution in [-0.4, -0.2) is 33.1 Å². The summed E-state index contributed by atoms with van der Waals surface area (Å²) in [7, 11) is -0.611. The van der Waals surface area contributed by atoms with Gasteiger partial charge in [-0.25, -0.2) is 4.79 Å². The molecule has 6 heteroatoms. The summed E-state index contributed by atoms with van der Waals surface area (Å²) < 4.78 is 9.56. The van der Waals surface area contributed by atoms with Crippen LogP contribution < -0.4 is 51.4 Å². The molecule has 0 aliphatic heterocycles. The van der Waals surface area contributed by atoms with Gasteiger partial charge in [0, 0.05) is 23.3 Å². The van der Waals surface area contributed by atoms with Crippen LogP contribution in [0, 0.1) is 0 Å².